The van der Waals surface area contributed by atoms with Gasteiger partial charge >= 0.3 is 6.03 Å². The highest BCUT2D eigenvalue weighted by Crippen LogP contribution is 2.24. The van der Waals surface area contributed by atoms with Crippen molar-refractivity contribution in [2.45, 2.75) is 6.54 Å². The molecule has 0 spiro atoms. The van der Waals surface area contributed by atoms with Crippen LogP contribution in [-0.2, 0) is 6.54 Å². The summed E-state index contributed by atoms with van der Waals surface area (Å²) < 4.78 is 5.44. The summed E-state index contributed by atoms with van der Waals surface area (Å²) in [5.41, 5.74) is 9.79. The second kappa shape index (κ2) is 8.31. The summed E-state index contributed by atoms with van der Waals surface area (Å²) in [6.07, 6.45) is 1.60. The van der Waals surface area contributed by atoms with Gasteiger partial charge in [-0.2, -0.15) is 0 Å². The topological polar surface area (TPSA) is 92.6 Å². The zero-order chi connectivity index (χ0) is 20.1. The van der Waals surface area contributed by atoms with E-state index in [0.29, 0.717) is 29.3 Å². The molecular weight excluding hydrogens is 364 g/mol. The van der Waals surface area contributed by atoms with Crippen molar-refractivity contribution in [2.75, 3.05) is 10.6 Å². The number of carbonyl (C=O) groups is 1. The third kappa shape index (κ3) is 4.44. The Labute approximate surface area is 168 Å². The predicted octanol–water partition coefficient (Wildman–Crippen LogP) is 4.98. The van der Waals surface area contributed by atoms with Crippen LogP contribution in [0.5, 0.6) is 0 Å². The first kappa shape index (κ1) is 18.3. The number of amides is 2. The van der Waals surface area contributed by atoms with Crippen molar-refractivity contribution in [3.05, 3.63) is 96.3 Å². The van der Waals surface area contributed by atoms with Gasteiger partial charge < -0.3 is 20.8 Å². The molecular formula is C23H20N4O2. The van der Waals surface area contributed by atoms with Crippen molar-refractivity contribution in [2.24, 2.45) is 10.7 Å². The molecule has 6 nitrogen and oxygen atoms in total. The summed E-state index contributed by atoms with van der Waals surface area (Å²) in [4.78, 5) is 16.8. The summed E-state index contributed by atoms with van der Waals surface area (Å²) >= 11 is 0. The Bertz CT molecular complexity index is 1170. The average Bonchev–Trinajstić information content (AvgIpc) is 3.23. The average molecular weight is 384 g/mol. The van der Waals surface area contributed by atoms with Gasteiger partial charge in [0.05, 0.1) is 18.5 Å². The number of carbonyl (C=O) groups excluding carboxylic acids is 1. The number of para-hydroxylation sites is 1. The van der Waals surface area contributed by atoms with Crippen LogP contribution in [-0.4, -0.2) is 11.9 Å². The van der Waals surface area contributed by atoms with Crippen molar-refractivity contribution < 1.29 is 9.21 Å². The Morgan fingerprint density at radius 3 is 2.62 bits per heavy atom. The number of anilines is 2. The van der Waals surface area contributed by atoms with Gasteiger partial charge in [0.25, 0.3) is 0 Å². The maximum Gasteiger partial charge on any atom is 0.323 e. The van der Waals surface area contributed by atoms with E-state index in [1.54, 1.807) is 12.3 Å². The lowest BCUT2D eigenvalue weighted by atomic mass is 10.2. The molecule has 0 aliphatic rings. The number of nitrogens with two attached hydrogens (primary N) is 1. The molecule has 0 aliphatic heterocycles. The fourth-order valence-electron chi connectivity index (χ4n) is 3.00. The quantitative estimate of drug-likeness (QED) is 0.334. The maximum atomic E-state index is 12.4. The van der Waals surface area contributed by atoms with E-state index in [4.69, 9.17) is 10.2 Å². The Hall–Kier alpha value is -4.06. The van der Waals surface area contributed by atoms with Crippen LogP contribution in [0.1, 0.15) is 11.1 Å². The molecule has 1 aromatic heterocycles. The molecule has 0 atom stereocenters. The summed E-state index contributed by atoms with van der Waals surface area (Å²) in [6.45, 7) is 0.420. The maximum absolute atomic E-state index is 12.4. The fourth-order valence-corrected chi connectivity index (χ4v) is 3.00. The van der Waals surface area contributed by atoms with Crippen molar-refractivity contribution >= 4 is 34.2 Å². The molecule has 3 aromatic carbocycles. The van der Waals surface area contributed by atoms with Crippen LogP contribution in [0, 0.1) is 0 Å². The minimum Gasteiger partial charge on any atom is -0.462 e. The molecule has 1 heterocycles. The number of aliphatic imine (C=N–C) groups is 1. The highest BCUT2D eigenvalue weighted by Gasteiger charge is 2.08. The number of furan rings is 1. The van der Waals surface area contributed by atoms with Crippen LogP contribution in [0.2, 0.25) is 0 Å². The van der Waals surface area contributed by atoms with Gasteiger partial charge in [-0.15, -0.1) is 0 Å². The Morgan fingerprint density at radius 1 is 0.931 bits per heavy atom. The highest BCUT2D eigenvalue weighted by molar-refractivity contribution is 6.04. The molecule has 0 radical (unpaired) electrons. The van der Waals surface area contributed by atoms with Gasteiger partial charge in [0.1, 0.15) is 5.84 Å². The van der Waals surface area contributed by atoms with Crippen LogP contribution in [0.15, 0.2) is 94.5 Å². The zero-order valence-corrected chi connectivity index (χ0v) is 15.6. The van der Waals surface area contributed by atoms with E-state index in [0.717, 1.165) is 16.5 Å². The molecule has 144 valence electrons. The highest BCUT2D eigenvalue weighted by atomic mass is 16.3. The van der Waals surface area contributed by atoms with Crippen LogP contribution in [0.25, 0.3) is 11.0 Å². The van der Waals surface area contributed by atoms with Gasteiger partial charge in [-0.1, -0.05) is 54.6 Å². The van der Waals surface area contributed by atoms with E-state index in [9.17, 15) is 4.79 Å². The number of hydrogen-bond acceptors (Lipinski definition) is 3. The van der Waals surface area contributed by atoms with Gasteiger partial charge in [0, 0.05) is 16.6 Å². The predicted molar refractivity (Wildman–Crippen MR) is 116 cm³/mol. The molecule has 0 fully saturated rings. The van der Waals surface area contributed by atoms with Gasteiger partial charge in [-0.3, -0.25) is 4.99 Å². The molecule has 6 heteroatoms. The van der Waals surface area contributed by atoms with Crippen molar-refractivity contribution in [1.29, 1.82) is 0 Å². The summed E-state index contributed by atoms with van der Waals surface area (Å²) in [5.74, 6) is 0.480. The SMILES string of the molecule is NC(=NCc1cccc(NC(=O)Nc2cccc3ccoc23)c1)c1ccccc1. The van der Waals surface area contributed by atoms with Gasteiger partial charge in [-0.05, 0) is 29.8 Å². The minimum atomic E-state index is -0.349. The van der Waals surface area contributed by atoms with E-state index >= 15 is 0 Å². The van der Waals surface area contributed by atoms with Crippen LogP contribution in [0.4, 0.5) is 16.2 Å². The van der Waals surface area contributed by atoms with Crippen LogP contribution >= 0.6 is 0 Å². The third-order valence-electron chi connectivity index (χ3n) is 4.41. The van der Waals surface area contributed by atoms with E-state index in [2.05, 4.69) is 15.6 Å². The number of fused-ring (bicyclic) bond motifs is 1. The second-order valence-electron chi connectivity index (χ2n) is 6.49. The molecule has 0 saturated heterocycles. The minimum absolute atomic E-state index is 0.349. The smallest absolute Gasteiger partial charge is 0.323 e. The van der Waals surface area contributed by atoms with E-state index in [-0.39, 0.29) is 6.03 Å². The molecule has 0 unspecified atom stereocenters. The number of rotatable bonds is 5. The van der Waals surface area contributed by atoms with Crippen molar-refractivity contribution in [3.63, 3.8) is 0 Å². The van der Waals surface area contributed by atoms with E-state index in [1.807, 2.05) is 72.8 Å². The second-order valence-corrected chi connectivity index (χ2v) is 6.49. The summed E-state index contributed by atoms with van der Waals surface area (Å²) in [6, 6.07) is 24.2. The molecule has 4 N–H and O–H groups in total. The van der Waals surface area contributed by atoms with Gasteiger partial charge in [-0.25, -0.2) is 4.79 Å². The van der Waals surface area contributed by atoms with Crippen LogP contribution in [0.3, 0.4) is 0 Å². The Balaban J connectivity index is 1.42. The van der Waals surface area contributed by atoms with Crippen molar-refractivity contribution in [3.8, 4) is 0 Å². The normalized spacial score (nSPS) is 11.4. The molecule has 29 heavy (non-hydrogen) atoms. The third-order valence-corrected chi connectivity index (χ3v) is 4.41. The Kier molecular flexibility index (Phi) is 5.25. The van der Waals surface area contributed by atoms with Gasteiger partial charge in [0.2, 0.25) is 0 Å². The number of urea groups is 1. The lowest BCUT2D eigenvalue weighted by molar-refractivity contribution is 0.262. The van der Waals surface area contributed by atoms with E-state index in [1.165, 1.54) is 0 Å². The van der Waals surface area contributed by atoms with Crippen LogP contribution < -0.4 is 16.4 Å². The van der Waals surface area contributed by atoms with E-state index < -0.39 is 0 Å². The number of benzene rings is 3. The first-order valence-corrected chi connectivity index (χ1v) is 9.17. The lowest BCUT2D eigenvalue weighted by Gasteiger charge is -2.09. The zero-order valence-electron chi connectivity index (χ0n) is 15.6. The van der Waals surface area contributed by atoms with Gasteiger partial charge in [0.15, 0.2) is 5.58 Å². The molecule has 0 bridgehead atoms. The molecule has 0 aliphatic carbocycles. The molecule has 4 aromatic rings. The number of nitrogens with zero attached hydrogens (tertiary/aromatic N) is 1. The van der Waals surface area contributed by atoms with Crippen molar-refractivity contribution in [1.82, 2.24) is 0 Å². The number of amidine groups is 1. The lowest BCUT2D eigenvalue weighted by Crippen LogP contribution is -2.19. The molecule has 0 saturated carbocycles. The monoisotopic (exact) mass is 384 g/mol. The standard InChI is InChI=1S/C23H20N4O2/c24-22(18-7-2-1-3-8-18)25-15-16-6-4-10-19(14-16)26-23(28)27-20-11-5-9-17-12-13-29-21(17)20/h1-14H,15H2,(H2,24,25)(H2,26,27,28). The first-order valence-electron chi connectivity index (χ1n) is 9.17. The largest absolute Gasteiger partial charge is 0.462 e. The first-order chi connectivity index (χ1) is 14.2. The summed E-state index contributed by atoms with van der Waals surface area (Å²) in [5, 5.41) is 6.58. The number of hydrogen-bond donors (Lipinski definition) is 3. The molecule has 4 rings (SSSR count). The molecule has 2 amide bonds. The fraction of sp³-hybridized carbons (Fsp3) is 0.0435. The summed E-state index contributed by atoms with van der Waals surface area (Å²) in [7, 11) is 0. The number of nitrogens with one attached hydrogen (secondary N) is 2. The Morgan fingerprint density at radius 2 is 1.76 bits per heavy atom.